The number of amides is 1. The van der Waals surface area contributed by atoms with Crippen LogP contribution in [0.3, 0.4) is 0 Å². The van der Waals surface area contributed by atoms with Crippen LogP contribution in [0.1, 0.15) is 26.9 Å². The number of carbonyl (C=O) groups excluding carboxylic acids is 1. The van der Waals surface area contributed by atoms with E-state index in [9.17, 15) is 4.79 Å². The quantitative estimate of drug-likeness (QED) is 0.285. The van der Waals surface area contributed by atoms with Gasteiger partial charge in [-0.2, -0.15) is 0 Å². The van der Waals surface area contributed by atoms with Crippen molar-refractivity contribution in [3.05, 3.63) is 64.9 Å². The van der Waals surface area contributed by atoms with Crippen LogP contribution in [-0.2, 0) is 11.3 Å². The normalized spacial score (nSPS) is 15.6. The molecule has 0 radical (unpaired) electrons. The zero-order valence-electron chi connectivity index (χ0n) is 19.8. The summed E-state index contributed by atoms with van der Waals surface area (Å²) < 4.78 is 12.4. The van der Waals surface area contributed by atoms with Crippen molar-refractivity contribution in [2.45, 2.75) is 12.6 Å². The lowest BCUT2D eigenvalue weighted by Crippen LogP contribution is -2.39. The van der Waals surface area contributed by atoms with Crippen LogP contribution >= 0.6 is 11.3 Å². The minimum absolute atomic E-state index is 0.0883. The average molecular weight is 508 g/mol. The summed E-state index contributed by atoms with van der Waals surface area (Å²) in [5, 5.41) is 8.73. The Morgan fingerprint density at radius 1 is 1.28 bits per heavy atom. The molecule has 36 heavy (non-hydrogen) atoms. The summed E-state index contributed by atoms with van der Waals surface area (Å²) in [6.07, 6.45) is 4.51. The van der Waals surface area contributed by atoms with Crippen LogP contribution in [0, 0.1) is 0 Å². The van der Waals surface area contributed by atoms with Crippen LogP contribution in [0.15, 0.2) is 48.9 Å². The Balaban J connectivity index is 1.29. The number of ether oxygens (including phenoxy) is 2. The van der Waals surface area contributed by atoms with Crippen molar-refractivity contribution in [3.63, 3.8) is 0 Å². The number of rotatable bonds is 7. The third-order valence-corrected chi connectivity index (χ3v) is 6.90. The van der Waals surface area contributed by atoms with Gasteiger partial charge >= 0.3 is 0 Å². The molecule has 1 atom stereocenters. The lowest BCUT2D eigenvalue weighted by Gasteiger charge is -2.33. The van der Waals surface area contributed by atoms with E-state index in [1.54, 1.807) is 23.9 Å². The lowest BCUT2D eigenvalue weighted by atomic mass is 10.1. The fourth-order valence-corrected chi connectivity index (χ4v) is 5.01. The maximum atomic E-state index is 11.5. The molecule has 0 saturated carbocycles. The second-order valence-corrected chi connectivity index (χ2v) is 9.45. The standard InChI is InChI=1S/C24H25N7O4S/c1-30(23-25-10-16(11-26-23)22(32)29-33)13-18-9-19-21(36-18)12-27-24(28-19)31-6-7-35-20(14-31)15-4-3-5-17(8-15)34-2/h3-5,8-12,20,33H,6-7,13-14H2,1-2H3,(H,29,32). The SMILES string of the molecule is COc1cccc(C2CN(c3ncc4sc(CN(C)c5ncc(C(=O)NO)cn5)cc4n3)CCO2)c1. The van der Waals surface area contributed by atoms with E-state index < -0.39 is 5.91 Å². The second-order valence-electron chi connectivity index (χ2n) is 8.28. The van der Waals surface area contributed by atoms with Gasteiger partial charge in [0.25, 0.3) is 5.91 Å². The first-order valence-electron chi connectivity index (χ1n) is 11.3. The first kappa shape index (κ1) is 23.9. The molecule has 1 saturated heterocycles. The molecule has 12 heteroatoms. The van der Waals surface area contributed by atoms with Crippen LogP contribution in [0.4, 0.5) is 11.9 Å². The van der Waals surface area contributed by atoms with Crippen LogP contribution in [0.25, 0.3) is 10.2 Å². The highest BCUT2D eigenvalue weighted by Crippen LogP contribution is 2.30. The third kappa shape index (κ3) is 5.05. The van der Waals surface area contributed by atoms with Gasteiger partial charge in [-0.1, -0.05) is 12.1 Å². The molecule has 0 bridgehead atoms. The van der Waals surface area contributed by atoms with Gasteiger partial charge < -0.3 is 19.3 Å². The maximum absolute atomic E-state index is 11.5. The molecule has 0 spiro atoms. The van der Waals surface area contributed by atoms with E-state index in [2.05, 4.69) is 25.9 Å². The zero-order valence-corrected chi connectivity index (χ0v) is 20.6. The van der Waals surface area contributed by atoms with Gasteiger partial charge in [-0.3, -0.25) is 10.0 Å². The summed E-state index contributed by atoms with van der Waals surface area (Å²) in [5.41, 5.74) is 3.69. The highest BCUT2D eigenvalue weighted by atomic mass is 32.1. The summed E-state index contributed by atoms with van der Waals surface area (Å²) in [7, 11) is 3.53. The molecular formula is C24H25N7O4S. The average Bonchev–Trinajstić information content (AvgIpc) is 3.34. The van der Waals surface area contributed by atoms with E-state index in [4.69, 9.17) is 19.7 Å². The minimum atomic E-state index is -0.654. The molecule has 4 aromatic rings. The number of aromatic nitrogens is 4. The number of carbonyl (C=O) groups is 1. The Morgan fingerprint density at radius 2 is 2.11 bits per heavy atom. The first-order valence-corrected chi connectivity index (χ1v) is 12.1. The maximum Gasteiger partial charge on any atom is 0.277 e. The van der Waals surface area contributed by atoms with E-state index >= 15 is 0 Å². The number of anilines is 2. The van der Waals surface area contributed by atoms with E-state index in [1.165, 1.54) is 12.4 Å². The van der Waals surface area contributed by atoms with E-state index in [0.717, 1.165) is 26.4 Å². The van der Waals surface area contributed by atoms with E-state index in [1.807, 2.05) is 42.4 Å². The smallest absolute Gasteiger partial charge is 0.277 e. The van der Waals surface area contributed by atoms with Crippen LogP contribution < -0.4 is 20.0 Å². The van der Waals surface area contributed by atoms with Gasteiger partial charge in [0.2, 0.25) is 11.9 Å². The Hall–Kier alpha value is -3.87. The zero-order chi connectivity index (χ0) is 25.1. The third-order valence-electron chi connectivity index (χ3n) is 5.86. The molecule has 1 unspecified atom stereocenters. The van der Waals surface area contributed by atoms with Gasteiger partial charge in [0.1, 0.15) is 11.9 Å². The highest BCUT2D eigenvalue weighted by molar-refractivity contribution is 7.19. The molecule has 1 fully saturated rings. The predicted molar refractivity (Wildman–Crippen MR) is 135 cm³/mol. The fourth-order valence-electron chi connectivity index (χ4n) is 3.99. The Kier molecular flexibility index (Phi) is 6.89. The largest absolute Gasteiger partial charge is 0.497 e. The fraction of sp³-hybridized carbons (Fsp3) is 0.292. The number of hydroxylamine groups is 1. The Morgan fingerprint density at radius 3 is 2.89 bits per heavy atom. The van der Waals surface area contributed by atoms with Crippen molar-refractivity contribution in [3.8, 4) is 5.75 Å². The number of morpholine rings is 1. The molecule has 1 aliphatic rings. The van der Waals surface area contributed by atoms with Gasteiger partial charge in [-0.15, -0.1) is 11.3 Å². The Bertz CT molecular complexity index is 1360. The number of methoxy groups -OCH3 is 1. The molecule has 4 heterocycles. The van der Waals surface area contributed by atoms with E-state index in [0.29, 0.717) is 38.1 Å². The van der Waals surface area contributed by atoms with Gasteiger partial charge in [0.15, 0.2) is 0 Å². The second kappa shape index (κ2) is 10.4. The van der Waals surface area contributed by atoms with Gasteiger partial charge in [-0.25, -0.2) is 25.4 Å². The van der Waals surface area contributed by atoms with Gasteiger partial charge in [-0.05, 0) is 23.8 Å². The molecule has 1 aliphatic heterocycles. The topological polar surface area (TPSA) is 126 Å². The van der Waals surface area contributed by atoms with Crippen molar-refractivity contribution < 1.29 is 19.5 Å². The van der Waals surface area contributed by atoms with Crippen molar-refractivity contribution in [1.82, 2.24) is 25.4 Å². The summed E-state index contributed by atoms with van der Waals surface area (Å²) in [6.45, 7) is 2.52. The summed E-state index contributed by atoms with van der Waals surface area (Å²) in [6, 6.07) is 9.98. The highest BCUT2D eigenvalue weighted by Gasteiger charge is 2.24. The Labute approximate surface area is 211 Å². The molecule has 3 aromatic heterocycles. The molecule has 11 nitrogen and oxygen atoms in total. The minimum Gasteiger partial charge on any atom is -0.497 e. The molecule has 1 aromatic carbocycles. The van der Waals surface area contributed by atoms with E-state index in [-0.39, 0.29) is 11.7 Å². The molecule has 0 aliphatic carbocycles. The number of benzene rings is 1. The van der Waals surface area contributed by atoms with Crippen molar-refractivity contribution in [2.75, 3.05) is 43.7 Å². The summed E-state index contributed by atoms with van der Waals surface area (Å²) in [5.74, 6) is 1.29. The molecular weight excluding hydrogens is 482 g/mol. The van der Waals surface area contributed by atoms with Gasteiger partial charge in [0, 0.05) is 30.9 Å². The molecule has 1 amide bonds. The van der Waals surface area contributed by atoms with Crippen molar-refractivity contribution in [1.29, 1.82) is 0 Å². The van der Waals surface area contributed by atoms with Crippen LogP contribution in [0.2, 0.25) is 0 Å². The first-order chi connectivity index (χ1) is 17.5. The monoisotopic (exact) mass is 507 g/mol. The molecule has 2 N–H and O–H groups in total. The summed E-state index contributed by atoms with van der Waals surface area (Å²) >= 11 is 1.61. The van der Waals surface area contributed by atoms with Gasteiger partial charge in [0.05, 0.1) is 48.8 Å². The summed E-state index contributed by atoms with van der Waals surface area (Å²) in [4.78, 5) is 34.4. The predicted octanol–water partition coefficient (Wildman–Crippen LogP) is 2.82. The van der Waals surface area contributed by atoms with Crippen LogP contribution in [0.5, 0.6) is 5.75 Å². The molecule has 5 rings (SSSR count). The van der Waals surface area contributed by atoms with Crippen molar-refractivity contribution >= 4 is 39.4 Å². The number of fused-ring (bicyclic) bond motifs is 1. The number of nitrogens with one attached hydrogen (secondary N) is 1. The lowest BCUT2D eigenvalue weighted by molar-refractivity contribution is 0.0391. The number of hydrogen-bond acceptors (Lipinski definition) is 11. The number of hydrogen-bond donors (Lipinski definition) is 2. The molecule has 186 valence electrons. The number of thiophene rings is 1. The number of nitrogens with zero attached hydrogens (tertiary/aromatic N) is 6. The van der Waals surface area contributed by atoms with Crippen molar-refractivity contribution in [2.24, 2.45) is 0 Å². The van der Waals surface area contributed by atoms with Crippen LogP contribution in [-0.4, -0.2) is 64.9 Å².